The minimum atomic E-state index is -0.394. The molecule has 1 heterocycles. The molecular formula is C23H24N2O4. The van der Waals surface area contributed by atoms with Crippen LogP contribution < -0.4 is 20.7 Å². The van der Waals surface area contributed by atoms with Gasteiger partial charge in [-0.25, -0.2) is 4.79 Å². The first-order chi connectivity index (χ1) is 14.1. The number of para-hydroxylation sites is 2. The van der Waals surface area contributed by atoms with Crippen molar-refractivity contribution in [1.29, 1.82) is 0 Å². The average molecular weight is 392 g/mol. The van der Waals surface area contributed by atoms with E-state index in [0.717, 1.165) is 17.9 Å². The molecule has 0 radical (unpaired) electrons. The number of aryl methyl sites for hydroxylation is 1. The highest BCUT2D eigenvalue weighted by Gasteiger charge is 2.55. The molecule has 2 aromatic carbocycles. The molecule has 0 amide bonds. The van der Waals surface area contributed by atoms with Crippen LogP contribution >= 0.6 is 0 Å². The minimum Gasteiger partial charge on any atom is -0.493 e. The quantitative estimate of drug-likeness (QED) is 0.640. The molecular weight excluding hydrogens is 368 g/mol. The fourth-order valence-corrected chi connectivity index (χ4v) is 3.62. The average Bonchev–Trinajstić information content (AvgIpc) is 3.43. The zero-order valence-electron chi connectivity index (χ0n) is 16.3. The number of benzene rings is 2. The molecule has 2 unspecified atom stereocenters. The van der Waals surface area contributed by atoms with Crippen molar-refractivity contribution < 1.29 is 9.47 Å². The summed E-state index contributed by atoms with van der Waals surface area (Å²) in [7, 11) is 0. The van der Waals surface area contributed by atoms with Crippen LogP contribution in [0.4, 0.5) is 0 Å². The molecule has 1 saturated carbocycles. The van der Waals surface area contributed by atoms with Crippen molar-refractivity contribution in [2.24, 2.45) is 11.3 Å². The lowest BCUT2D eigenvalue weighted by Gasteiger charge is -2.20. The van der Waals surface area contributed by atoms with Crippen LogP contribution in [0.25, 0.3) is 0 Å². The van der Waals surface area contributed by atoms with Crippen LogP contribution in [0.1, 0.15) is 12.0 Å². The van der Waals surface area contributed by atoms with Crippen molar-refractivity contribution in [1.82, 2.24) is 9.55 Å². The van der Waals surface area contributed by atoms with Gasteiger partial charge < -0.3 is 9.47 Å². The number of hydrogen-bond donors (Lipinski definition) is 1. The highest BCUT2D eigenvalue weighted by atomic mass is 16.5. The lowest BCUT2D eigenvalue weighted by molar-refractivity contribution is 0.177. The van der Waals surface area contributed by atoms with Gasteiger partial charge >= 0.3 is 5.69 Å². The van der Waals surface area contributed by atoms with Gasteiger partial charge in [0.05, 0.1) is 13.2 Å². The van der Waals surface area contributed by atoms with E-state index in [9.17, 15) is 9.59 Å². The Morgan fingerprint density at radius 2 is 1.62 bits per heavy atom. The predicted octanol–water partition coefficient (Wildman–Crippen LogP) is 3.01. The number of nitrogens with one attached hydrogen (secondary N) is 1. The first-order valence-corrected chi connectivity index (χ1v) is 9.72. The number of rotatable bonds is 8. The summed E-state index contributed by atoms with van der Waals surface area (Å²) in [5, 5.41) is 0. The van der Waals surface area contributed by atoms with Crippen molar-refractivity contribution in [2.45, 2.75) is 19.9 Å². The van der Waals surface area contributed by atoms with Crippen LogP contribution in [0.2, 0.25) is 0 Å². The van der Waals surface area contributed by atoms with E-state index in [1.807, 2.05) is 60.7 Å². The van der Waals surface area contributed by atoms with Gasteiger partial charge in [0.2, 0.25) is 0 Å². The minimum absolute atomic E-state index is 0.223. The second-order valence-electron chi connectivity index (χ2n) is 7.69. The standard InChI is InChI=1S/C23H24N2O4/c1-17-13-25(22(27)24-21(17)26)15-23(16-29-20-10-6-3-7-11-20)12-18(23)14-28-19-8-4-2-5-9-19/h2-11,13,18H,12,14-16H2,1H3,(H,24,26,27). The Balaban J connectivity index is 1.51. The Bertz CT molecular complexity index is 1080. The highest BCUT2D eigenvalue weighted by molar-refractivity contribution is 5.23. The van der Waals surface area contributed by atoms with E-state index in [0.29, 0.717) is 25.3 Å². The topological polar surface area (TPSA) is 73.3 Å². The number of H-pyrrole nitrogens is 1. The van der Waals surface area contributed by atoms with Gasteiger partial charge in [-0.05, 0) is 37.6 Å². The Morgan fingerprint density at radius 3 is 2.28 bits per heavy atom. The third kappa shape index (κ3) is 4.42. The SMILES string of the molecule is Cc1cn(CC2(COc3ccccc3)CC2COc2ccccc2)c(=O)[nH]c1=O. The molecule has 6 nitrogen and oxygen atoms in total. The van der Waals surface area contributed by atoms with Gasteiger partial charge in [-0.2, -0.15) is 0 Å². The Labute approximate surface area is 168 Å². The van der Waals surface area contributed by atoms with Crippen molar-refractivity contribution in [3.63, 3.8) is 0 Å². The molecule has 1 aromatic heterocycles. The van der Waals surface area contributed by atoms with Crippen molar-refractivity contribution in [3.8, 4) is 11.5 Å². The van der Waals surface area contributed by atoms with Gasteiger partial charge in [0.25, 0.3) is 5.56 Å². The molecule has 29 heavy (non-hydrogen) atoms. The van der Waals surface area contributed by atoms with E-state index in [1.165, 1.54) is 0 Å². The maximum absolute atomic E-state index is 12.3. The maximum Gasteiger partial charge on any atom is 0.328 e. The zero-order chi connectivity index (χ0) is 20.3. The van der Waals surface area contributed by atoms with Gasteiger partial charge in [-0.3, -0.25) is 14.3 Å². The van der Waals surface area contributed by atoms with Gasteiger partial charge in [0, 0.05) is 29.6 Å². The highest BCUT2D eigenvalue weighted by Crippen LogP contribution is 2.54. The second-order valence-corrected chi connectivity index (χ2v) is 7.69. The van der Waals surface area contributed by atoms with Gasteiger partial charge in [-0.15, -0.1) is 0 Å². The molecule has 3 aromatic rings. The number of hydrogen-bond acceptors (Lipinski definition) is 4. The molecule has 1 fully saturated rings. The fourth-order valence-electron chi connectivity index (χ4n) is 3.62. The number of aromatic nitrogens is 2. The predicted molar refractivity (Wildman–Crippen MR) is 110 cm³/mol. The van der Waals surface area contributed by atoms with Crippen LogP contribution in [0.5, 0.6) is 11.5 Å². The summed E-state index contributed by atoms with van der Waals surface area (Å²) in [6, 6.07) is 19.3. The number of aromatic amines is 1. The third-order valence-corrected chi connectivity index (χ3v) is 5.50. The van der Waals surface area contributed by atoms with E-state index >= 15 is 0 Å². The molecule has 0 bridgehead atoms. The molecule has 0 aliphatic heterocycles. The summed E-state index contributed by atoms with van der Waals surface area (Å²) in [4.78, 5) is 26.4. The summed E-state index contributed by atoms with van der Waals surface area (Å²) < 4.78 is 13.6. The van der Waals surface area contributed by atoms with Crippen LogP contribution in [-0.4, -0.2) is 22.8 Å². The van der Waals surface area contributed by atoms with E-state index in [2.05, 4.69) is 4.98 Å². The fraction of sp³-hybridized carbons (Fsp3) is 0.304. The molecule has 150 valence electrons. The zero-order valence-corrected chi connectivity index (χ0v) is 16.3. The number of nitrogens with zero attached hydrogens (tertiary/aromatic N) is 1. The third-order valence-electron chi connectivity index (χ3n) is 5.50. The Kier molecular flexibility index (Phi) is 5.25. The maximum atomic E-state index is 12.3. The van der Waals surface area contributed by atoms with Crippen molar-refractivity contribution >= 4 is 0 Å². The molecule has 1 aliphatic rings. The van der Waals surface area contributed by atoms with Crippen LogP contribution in [0.15, 0.2) is 76.4 Å². The molecule has 4 rings (SSSR count). The summed E-state index contributed by atoms with van der Waals surface area (Å²) in [5.41, 5.74) is -0.449. The lowest BCUT2D eigenvalue weighted by atomic mass is 10.1. The van der Waals surface area contributed by atoms with Crippen LogP contribution in [0.3, 0.4) is 0 Å². The van der Waals surface area contributed by atoms with Crippen molar-refractivity contribution in [2.75, 3.05) is 13.2 Å². The van der Waals surface area contributed by atoms with E-state index in [4.69, 9.17) is 9.47 Å². The Hall–Kier alpha value is -3.28. The molecule has 0 spiro atoms. The monoisotopic (exact) mass is 392 g/mol. The van der Waals surface area contributed by atoms with Crippen LogP contribution in [0, 0.1) is 18.3 Å². The number of ether oxygens (including phenoxy) is 2. The molecule has 2 atom stereocenters. The summed E-state index contributed by atoms with van der Waals surface area (Å²) >= 11 is 0. The molecule has 0 saturated heterocycles. The van der Waals surface area contributed by atoms with Gasteiger partial charge in [0.1, 0.15) is 11.5 Å². The van der Waals surface area contributed by atoms with Gasteiger partial charge in [0.15, 0.2) is 0 Å². The lowest BCUT2D eigenvalue weighted by Crippen LogP contribution is -2.35. The van der Waals surface area contributed by atoms with E-state index in [-0.39, 0.29) is 16.9 Å². The normalized spacial score (nSPS) is 20.2. The largest absolute Gasteiger partial charge is 0.493 e. The Morgan fingerprint density at radius 1 is 1.00 bits per heavy atom. The molecule has 1 N–H and O–H groups in total. The summed E-state index contributed by atoms with van der Waals surface area (Å²) in [6.07, 6.45) is 2.51. The molecule has 6 heteroatoms. The first-order valence-electron chi connectivity index (χ1n) is 9.72. The molecule has 1 aliphatic carbocycles. The summed E-state index contributed by atoms with van der Waals surface area (Å²) in [5.74, 6) is 1.88. The van der Waals surface area contributed by atoms with E-state index < -0.39 is 5.69 Å². The van der Waals surface area contributed by atoms with E-state index in [1.54, 1.807) is 17.7 Å². The smallest absolute Gasteiger partial charge is 0.328 e. The van der Waals surface area contributed by atoms with Crippen LogP contribution in [-0.2, 0) is 6.54 Å². The first kappa shape index (κ1) is 19.1. The second kappa shape index (κ2) is 7.99. The van der Waals surface area contributed by atoms with Gasteiger partial charge in [-0.1, -0.05) is 36.4 Å². The summed E-state index contributed by atoms with van der Waals surface area (Å²) in [6.45, 7) is 3.20. The van der Waals surface area contributed by atoms with Crippen molar-refractivity contribution in [3.05, 3.63) is 93.3 Å².